The van der Waals surface area contributed by atoms with Crippen LogP contribution in [0, 0.1) is 31.1 Å². The van der Waals surface area contributed by atoms with Crippen LogP contribution in [0.4, 0.5) is 0 Å². The van der Waals surface area contributed by atoms with E-state index in [0.717, 1.165) is 107 Å². The Morgan fingerprint density at radius 3 is 1.53 bits per heavy atom. The number of benzene rings is 2. The number of nitrogens with zero attached hydrogens (tertiary/aromatic N) is 6. The Labute approximate surface area is 452 Å². The lowest BCUT2D eigenvalue weighted by atomic mass is 9.82. The Hall–Kier alpha value is -5.48. The van der Waals surface area contributed by atoms with Gasteiger partial charge in [0.25, 0.3) is 11.6 Å². The Bertz CT molecular complexity index is 3040. The number of halogens is 3. The summed E-state index contributed by atoms with van der Waals surface area (Å²) >= 11 is 0. The molecule has 74 heavy (non-hydrogen) atoms. The first-order valence-corrected chi connectivity index (χ1v) is 25.5. The van der Waals surface area contributed by atoms with Gasteiger partial charge >= 0.3 is 17.9 Å². The number of hydrogen-bond acceptors (Lipinski definition) is 9. The molecule has 2 saturated carbocycles. The van der Waals surface area contributed by atoms with Crippen molar-refractivity contribution in [2.24, 2.45) is 37.1 Å². The summed E-state index contributed by atoms with van der Waals surface area (Å²) in [6, 6.07) is 16.2. The number of carbonyl (C=O) groups is 5. The van der Waals surface area contributed by atoms with Gasteiger partial charge in [0.2, 0.25) is 13.5 Å². The highest BCUT2D eigenvalue weighted by Crippen LogP contribution is 2.43. The number of ether oxygens (including phenoxy) is 3. The molecule has 4 aliphatic carbocycles. The fourth-order valence-corrected chi connectivity index (χ4v) is 11.8. The highest BCUT2D eigenvalue weighted by molar-refractivity contribution is 6.12. The Kier molecular flexibility index (Phi) is 18.1. The molecule has 15 nitrogen and oxygen atoms in total. The molecule has 4 heterocycles. The lowest BCUT2D eigenvalue weighted by Crippen LogP contribution is -2.49. The Morgan fingerprint density at radius 1 is 0.662 bits per heavy atom. The fourth-order valence-electron chi connectivity index (χ4n) is 11.8. The van der Waals surface area contributed by atoms with E-state index in [4.69, 9.17) is 19.9 Å². The number of hydrogen-bond donors (Lipinski definition) is 1. The molecule has 2 fully saturated rings. The van der Waals surface area contributed by atoms with Crippen molar-refractivity contribution in [3.05, 3.63) is 107 Å². The van der Waals surface area contributed by atoms with Gasteiger partial charge in [-0.3, -0.25) is 19.2 Å². The monoisotopic (exact) mass is 1080 g/mol. The first-order valence-electron chi connectivity index (χ1n) is 25.5. The summed E-state index contributed by atoms with van der Waals surface area (Å²) in [6.45, 7) is 10.9. The van der Waals surface area contributed by atoms with E-state index >= 15 is 0 Å². The Balaban J connectivity index is 0.000000235. The van der Waals surface area contributed by atoms with Gasteiger partial charge in [0.05, 0.1) is 23.7 Å². The third-order valence-corrected chi connectivity index (χ3v) is 16.0. The normalized spacial score (nSPS) is 18.5. The summed E-state index contributed by atoms with van der Waals surface area (Å²) in [7, 11) is 4.09. The number of ketones is 2. The summed E-state index contributed by atoms with van der Waals surface area (Å²) < 4.78 is 29.1. The third-order valence-electron chi connectivity index (χ3n) is 16.0. The summed E-state index contributed by atoms with van der Waals surface area (Å²) in [5, 5.41) is 2.08. The van der Waals surface area contributed by atoms with Gasteiger partial charge in [-0.05, 0) is 84.3 Å². The van der Waals surface area contributed by atoms with Crippen molar-refractivity contribution < 1.29 is 47.3 Å². The molecule has 0 aliphatic heterocycles. The van der Waals surface area contributed by atoms with E-state index < -0.39 is 16.6 Å². The second-order valence-corrected chi connectivity index (χ2v) is 21.7. The molecule has 0 amide bonds. The van der Waals surface area contributed by atoms with E-state index in [1.54, 1.807) is 0 Å². The van der Waals surface area contributed by atoms with E-state index in [2.05, 4.69) is 30.4 Å². The van der Waals surface area contributed by atoms with Crippen molar-refractivity contribution >= 4 is 88.5 Å². The van der Waals surface area contributed by atoms with E-state index in [9.17, 15) is 24.0 Å². The summed E-state index contributed by atoms with van der Waals surface area (Å²) in [5.74, 6) is 1.09. The van der Waals surface area contributed by atoms with Crippen LogP contribution in [0.2, 0.25) is 0 Å². The van der Waals surface area contributed by atoms with Crippen LogP contribution >= 0.6 is 37.2 Å². The molecular weight excluding hydrogens is 1010 g/mol. The second-order valence-electron chi connectivity index (χ2n) is 21.7. The molecule has 6 aromatic rings. The quantitative estimate of drug-likeness (QED) is 0.0716. The number of nitrogens with two attached hydrogens (primary N) is 1. The van der Waals surface area contributed by atoms with Crippen molar-refractivity contribution in [1.82, 2.24) is 18.3 Å². The van der Waals surface area contributed by atoms with Crippen LogP contribution in [0.15, 0.2) is 73.3 Å². The largest absolute Gasteiger partial charge is 0.460 e. The first-order chi connectivity index (χ1) is 33.9. The lowest BCUT2D eigenvalue weighted by Gasteiger charge is -2.27. The third kappa shape index (κ3) is 11.4. The minimum absolute atomic E-state index is 0. The maximum Gasteiger partial charge on any atom is 0.329 e. The van der Waals surface area contributed by atoms with Gasteiger partial charge in [-0.2, -0.15) is 9.13 Å². The molecule has 0 radical (unpaired) electrons. The fraction of sp³-hybridized carbons (Fsp3) is 0.518. The number of aromatic nitrogens is 6. The number of rotatable bonds is 12. The van der Waals surface area contributed by atoms with Crippen molar-refractivity contribution in [2.75, 3.05) is 0 Å². The van der Waals surface area contributed by atoms with Gasteiger partial charge in [-0.25, -0.2) is 13.9 Å². The molecule has 4 aromatic heterocycles. The van der Waals surface area contributed by atoms with E-state index in [-0.39, 0.29) is 98.4 Å². The molecule has 2 aromatic carbocycles. The zero-order valence-electron chi connectivity index (χ0n) is 43.9. The number of imidazole rings is 2. The van der Waals surface area contributed by atoms with Gasteiger partial charge in [0.15, 0.2) is 11.6 Å². The summed E-state index contributed by atoms with van der Waals surface area (Å²) in [4.78, 5) is 65.3. The molecule has 4 aliphatic rings. The Morgan fingerprint density at radius 2 is 1.08 bits per heavy atom. The van der Waals surface area contributed by atoms with Crippen molar-refractivity contribution in [1.29, 1.82) is 0 Å². The highest BCUT2D eigenvalue weighted by Gasteiger charge is 2.46. The van der Waals surface area contributed by atoms with Gasteiger partial charge in [0, 0.05) is 72.3 Å². The predicted molar refractivity (Wildman–Crippen MR) is 288 cm³/mol. The smallest absolute Gasteiger partial charge is 0.329 e. The number of aryl methyl sites for hydroxylation is 2. The zero-order chi connectivity index (χ0) is 50.4. The molecule has 2 atom stereocenters. The van der Waals surface area contributed by atoms with Crippen molar-refractivity contribution in [2.45, 2.75) is 156 Å². The molecule has 2 N–H and O–H groups in total. The van der Waals surface area contributed by atoms with Crippen LogP contribution in [-0.4, -0.2) is 58.9 Å². The molecule has 0 spiro atoms. The highest BCUT2D eigenvalue weighted by atomic mass is 35.5. The van der Waals surface area contributed by atoms with Crippen molar-refractivity contribution in [3.8, 4) is 0 Å². The minimum Gasteiger partial charge on any atom is -0.460 e. The molecule has 0 bridgehead atoms. The van der Waals surface area contributed by atoms with Gasteiger partial charge in [-0.1, -0.05) is 62.1 Å². The van der Waals surface area contributed by atoms with Crippen LogP contribution in [0.1, 0.15) is 135 Å². The second kappa shape index (κ2) is 23.2. The van der Waals surface area contributed by atoms with Crippen LogP contribution in [-0.2, 0) is 82.1 Å². The van der Waals surface area contributed by atoms with Crippen LogP contribution < -0.4 is 14.9 Å². The molecule has 18 heteroatoms. The SMILES string of the molecule is Cc1n(CC2CCc3c(c4ccccc4n3C)C2=O)cc[n+]1COC(=O)C1(CC(=O)OC(C)(C)C)CCCC1.Cc1n(CC2CCc3c(c4ccccc4n3C)C2=O)cc[n+]1COC(=O)C1(N)CCCC1.Cl.Cl.Cl. The number of Topliss-reactive ketones (excluding diaryl/α,β-unsaturated/α-hetero) is 2. The molecule has 2 unspecified atom stereocenters. The number of para-hydroxylation sites is 2. The first kappa shape index (κ1) is 57.8. The number of carbonyl (C=O) groups excluding carboxylic acids is 5. The number of esters is 3. The molecule has 10 rings (SSSR count). The van der Waals surface area contributed by atoms with Crippen LogP contribution in [0.3, 0.4) is 0 Å². The molecule has 400 valence electrons. The minimum atomic E-state index is -0.832. The van der Waals surface area contributed by atoms with Crippen LogP contribution in [0.25, 0.3) is 21.8 Å². The topological polar surface area (TPSA) is 167 Å². The maximum absolute atomic E-state index is 13.6. The average molecular weight is 1080 g/mol. The van der Waals surface area contributed by atoms with Gasteiger partial charge in [-0.15, -0.1) is 37.2 Å². The summed E-state index contributed by atoms with van der Waals surface area (Å²) in [6.07, 6.45) is 17.5. The summed E-state index contributed by atoms with van der Waals surface area (Å²) in [5.41, 5.74) is 10.2. The van der Waals surface area contributed by atoms with E-state index in [1.165, 1.54) is 0 Å². The zero-order valence-corrected chi connectivity index (χ0v) is 46.3. The molecular formula is C56H74Cl3N7O8+2. The lowest BCUT2D eigenvalue weighted by molar-refractivity contribution is -0.733. The maximum atomic E-state index is 13.6. The molecule has 0 saturated heterocycles. The standard InChI is InChI=1S/C31H40N3O5.C25H31N4O3.3ClH/c1-21-33(19-22-12-13-25-27(28(22)36)23-10-6-7-11-24(23)32(25)5)16-17-34(21)20-38-29(37)31(14-8-9-15-31)18-26(35)39-30(2,3)4;1-17-28(13-14-29(17)16-32-24(31)25(26)11-5-6-12-25)15-18-9-10-21-22(23(18)30)19-7-3-4-8-20(19)27(21)2;;;/h6-7,10-11,16-17,22H,8-9,12-15,18-20H2,1-5H3;3-4,7-8,13-14,18H,5-6,9-12,15-16,26H2,1-2H3;3*1H/q2*+1;;;. The van der Waals surface area contributed by atoms with Crippen LogP contribution in [0.5, 0.6) is 0 Å². The average Bonchev–Trinajstić information content (AvgIpc) is 4.22. The number of fused-ring (bicyclic) bond motifs is 6. The van der Waals surface area contributed by atoms with E-state index in [0.29, 0.717) is 38.8 Å². The van der Waals surface area contributed by atoms with Gasteiger partial charge < -0.3 is 29.1 Å². The predicted octanol–water partition coefficient (Wildman–Crippen LogP) is 8.87. The van der Waals surface area contributed by atoms with E-state index in [1.807, 2.05) is 119 Å². The van der Waals surface area contributed by atoms with Gasteiger partial charge in [0.1, 0.15) is 49.0 Å². The van der Waals surface area contributed by atoms with Crippen molar-refractivity contribution in [3.63, 3.8) is 0 Å².